The molecule has 13 heavy (non-hydrogen) atoms. The number of benzene rings is 1. The second kappa shape index (κ2) is 3.90. The molecule has 68 valence electrons. The molecule has 1 aromatic carbocycles. The van der Waals surface area contributed by atoms with Crippen LogP contribution in [0.5, 0.6) is 0 Å². The van der Waals surface area contributed by atoms with Crippen LogP contribution >= 0.6 is 0 Å². The van der Waals surface area contributed by atoms with Gasteiger partial charge in [0.25, 0.3) is 0 Å². The lowest BCUT2D eigenvalue weighted by atomic mass is 10.1. The fraction of sp³-hybridized carbons (Fsp3) is 0.364. The average Bonchev–Trinajstić information content (AvgIpc) is 2.20. The zero-order valence-corrected chi connectivity index (χ0v) is 7.35. The van der Waals surface area contributed by atoms with Crippen LogP contribution in [0.25, 0.3) is 0 Å². The molecule has 2 rings (SSSR count). The molecule has 1 saturated heterocycles. The summed E-state index contributed by atoms with van der Waals surface area (Å²) in [5.41, 5.74) is 1.05. The molecule has 0 unspecified atom stereocenters. The largest absolute Gasteiger partial charge is 0.348 e. The Morgan fingerprint density at radius 1 is 1.08 bits per heavy atom. The Morgan fingerprint density at radius 2 is 1.69 bits per heavy atom. The van der Waals surface area contributed by atoms with E-state index in [1.165, 1.54) is 0 Å². The molecule has 0 spiro atoms. The van der Waals surface area contributed by atoms with E-state index in [0.717, 1.165) is 5.56 Å². The first-order valence-corrected chi connectivity index (χ1v) is 4.40. The number of hydrogen-bond donors (Lipinski definition) is 0. The molecule has 1 aromatic rings. The highest BCUT2D eigenvalue weighted by molar-refractivity contribution is 5.16. The Kier molecular flexibility index (Phi) is 2.62. The zero-order chi connectivity index (χ0) is 9.10. The van der Waals surface area contributed by atoms with Crippen LogP contribution < -0.4 is 0 Å². The Balaban J connectivity index is 2.03. The number of hydrogen-bond acceptors (Lipinski definition) is 2. The molecule has 1 heterocycles. The summed E-state index contributed by atoms with van der Waals surface area (Å²) in [6.07, 6.45) is -0.235. The molecule has 0 saturated carbocycles. The lowest BCUT2D eigenvalue weighted by molar-refractivity contribution is -0.198. The lowest BCUT2D eigenvalue weighted by Gasteiger charge is -2.27. The Labute approximate surface area is 78.5 Å². The van der Waals surface area contributed by atoms with Gasteiger partial charge >= 0.3 is 0 Å². The van der Waals surface area contributed by atoms with Gasteiger partial charge in [-0.15, -0.1) is 0 Å². The van der Waals surface area contributed by atoms with Crippen LogP contribution in [0.2, 0.25) is 0 Å². The lowest BCUT2D eigenvalue weighted by Crippen LogP contribution is -2.25. The van der Waals surface area contributed by atoms with Crippen LogP contribution in [0.3, 0.4) is 0 Å². The summed E-state index contributed by atoms with van der Waals surface area (Å²) in [6.45, 7) is 6.76. The van der Waals surface area contributed by atoms with E-state index in [-0.39, 0.29) is 12.2 Å². The first-order valence-electron chi connectivity index (χ1n) is 4.40. The highest BCUT2D eigenvalue weighted by Gasteiger charge is 2.20. The van der Waals surface area contributed by atoms with Gasteiger partial charge in [0.1, 0.15) is 0 Å². The summed E-state index contributed by atoms with van der Waals surface area (Å²) >= 11 is 0. The minimum atomic E-state index is -0.235. The van der Waals surface area contributed by atoms with Crippen molar-refractivity contribution in [3.05, 3.63) is 42.8 Å². The van der Waals surface area contributed by atoms with Crippen molar-refractivity contribution >= 4 is 0 Å². The Bertz CT molecular complexity index is 250. The van der Waals surface area contributed by atoms with Crippen molar-refractivity contribution < 1.29 is 9.47 Å². The second-order valence-electron chi connectivity index (χ2n) is 3.17. The third kappa shape index (κ3) is 2.08. The van der Waals surface area contributed by atoms with E-state index in [1.54, 1.807) is 0 Å². The van der Waals surface area contributed by atoms with Crippen LogP contribution in [0.4, 0.5) is 0 Å². The van der Waals surface area contributed by atoms with E-state index in [0.29, 0.717) is 13.2 Å². The summed E-state index contributed by atoms with van der Waals surface area (Å²) in [5.74, 6) is 0.0139. The van der Waals surface area contributed by atoms with E-state index in [4.69, 9.17) is 16.4 Å². The van der Waals surface area contributed by atoms with E-state index in [1.807, 2.05) is 30.3 Å². The SMILES string of the molecule is [CH]C1COC(c2ccccc2)OC1. The van der Waals surface area contributed by atoms with Gasteiger partial charge in [-0.25, -0.2) is 0 Å². The number of rotatable bonds is 1. The third-order valence-electron chi connectivity index (χ3n) is 2.00. The molecule has 1 fully saturated rings. The maximum Gasteiger partial charge on any atom is 0.183 e. The minimum absolute atomic E-state index is 0.0139. The predicted molar refractivity (Wildman–Crippen MR) is 48.9 cm³/mol. The van der Waals surface area contributed by atoms with Gasteiger partial charge in [-0.05, 0) is 6.92 Å². The molecule has 0 aliphatic carbocycles. The maximum atomic E-state index is 5.63. The first kappa shape index (κ1) is 8.73. The first-order chi connectivity index (χ1) is 6.36. The molecule has 2 radical (unpaired) electrons. The molecule has 0 N–H and O–H groups in total. The fourth-order valence-corrected chi connectivity index (χ4v) is 1.32. The normalized spacial score (nSPS) is 28.7. The summed E-state index contributed by atoms with van der Waals surface area (Å²) < 4.78 is 10.9. The number of ether oxygens (including phenoxy) is 2. The van der Waals surface area contributed by atoms with Gasteiger partial charge in [0.15, 0.2) is 6.29 Å². The summed E-state index contributed by atoms with van der Waals surface area (Å²) in [4.78, 5) is 0. The Morgan fingerprint density at radius 3 is 2.31 bits per heavy atom. The molecule has 0 amide bonds. The standard InChI is InChI=1S/C11H12O2/c1-9-7-12-11(13-8-9)10-5-3-2-4-6-10/h1-6,9,11H,7-8H2. The van der Waals surface area contributed by atoms with Gasteiger partial charge in [0.05, 0.1) is 13.2 Å². The van der Waals surface area contributed by atoms with Crippen molar-refractivity contribution in [2.24, 2.45) is 5.92 Å². The molecular formula is C11H12O2. The van der Waals surface area contributed by atoms with E-state index in [2.05, 4.69) is 0 Å². The fourth-order valence-electron chi connectivity index (χ4n) is 1.32. The van der Waals surface area contributed by atoms with E-state index in [9.17, 15) is 0 Å². The highest BCUT2D eigenvalue weighted by Crippen LogP contribution is 2.23. The van der Waals surface area contributed by atoms with Crippen molar-refractivity contribution in [1.82, 2.24) is 0 Å². The zero-order valence-electron chi connectivity index (χ0n) is 7.35. The van der Waals surface area contributed by atoms with Gasteiger partial charge in [-0.3, -0.25) is 0 Å². The van der Waals surface area contributed by atoms with Gasteiger partial charge in [0, 0.05) is 11.5 Å². The van der Waals surface area contributed by atoms with Gasteiger partial charge in [0.2, 0.25) is 0 Å². The van der Waals surface area contributed by atoms with Crippen molar-refractivity contribution in [2.75, 3.05) is 13.2 Å². The Hall–Kier alpha value is -0.860. The van der Waals surface area contributed by atoms with Crippen LogP contribution in [-0.4, -0.2) is 13.2 Å². The third-order valence-corrected chi connectivity index (χ3v) is 2.00. The summed E-state index contributed by atoms with van der Waals surface area (Å²) in [7, 11) is 0. The van der Waals surface area contributed by atoms with Crippen LogP contribution in [-0.2, 0) is 9.47 Å². The quantitative estimate of drug-likeness (QED) is 0.652. The predicted octanol–water partition coefficient (Wildman–Crippen LogP) is 2.06. The van der Waals surface area contributed by atoms with Gasteiger partial charge in [-0.2, -0.15) is 0 Å². The van der Waals surface area contributed by atoms with E-state index < -0.39 is 0 Å². The molecule has 2 heteroatoms. The van der Waals surface area contributed by atoms with Gasteiger partial charge in [-0.1, -0.05) is 30.3 Å². The molecule has 1 aliphatic rings. The molecule has 0 atom stereocenters. The minimum Gasteiger partial charge on any atom is -0.348 e. The van der Waals surface area contributed by atoms with Gasteiger partial charge < -0.3 is 9.47 Å². The summed E-state index contributed by atoms with van der Waals surface area (Å²) in [5, 5.41) is 0. The van der Waals surface area contributed by atoms with Crippen LogP contribution in [0.15, 0.2) is 30.3 Å². The molecule has 2 nitrogen and oxygen atoms in total. The monoisotopic (exact) mass is 176 g/mol. The van der Waals surface area contributed by atoms with Crippen LogP contribution in [0.1, 0.15) is 11.9 Å². The van der Waals surface area contributed by atoms with Crippen molar-refractivity contribution in [1.29, 1.82) is 0 Å². The van der Waals surface area contributed by atoms with Crippen molar-refractivity contribution in [3.63, 3.8) is 0 Å². The van der Waals surface area contributed by atoms with Crippen molar-refractivity contribution in [2.45, 2.75) is 6.29 Å². The molecule has 0 aromatic heterocycles. The molecular weight excluding hydrogens is 164 g/mol. The maximum absolute atomic E-state index is 5.63. The van der Waals surface area contributed by atoms with E-state index >= 15 is 0 Å². The highest BCUT2D eigenvalue weighted by atomic mass is 16.7. The molecule has 0 bridgehead atoms. The smallest absolute Gasteiger partial charge is 0.183 e. The summed E-state index contributed by atoms with van der Waals surface area (Å²) in [6, 6.07) is 9.88. The topological polar surface area (TPSA) is 18.5 Å². The van der Waals surface area contributed by atoms with Crippen LogP contribution in [0, 0.1) is 12.8 Å². The average molecular weight is 176 g/mol. The second-order valence-corrected chi connectivity index (χ2v) is 3.17. The van der Waals surface area contributed by atoms with Crippen molar-refractivity contribution in [3.8, 4) is 0 Å². The molecule has 1 aliphatic heterocycles.